The summed E-state index contributed by atoms with van der Waals surface area (Å²) in [5.41, 5.74) is 1.45. The first kappa shape index (κ1) is 12.0. The molecule has 1 nitrogen and oxygen atoms in total. The van der Waals surface area contributed by atoms with Crippen LogP contribution in [0.25, 0.3) is 11.1 Å². The van der Waals surface area contributed by atoms with Crippen LogP contribution in [0.15, 0.2) is 30.6 Å². The van der Waals surface area contributed by atoms with Gasteiger partial charge in [-0.05, 0) is 12.1 Å². The third kappa shape index (κ3) is 2.14. The minimum Gasteiger partial charge on any atom is -0.264 e. The van der Waals surface area contributed by atoms with Gasteiger partial charge >= 0.3 is 0 Å². The van der Waals surface area contributed by atoms with Crippen LogP contribution in [0.4, 0.5) is 0 Å². The fraction of sp³-hybridized carbons (Fsp3) is 0. The smallest absolute Gasteiger partial charge is 0.0784 e. The standard InChI is InChI=1S/C11H5Cl4N/c12-8-3-4-16-5-7(8)6-1-2-9(13)11(15)10(6)14/h1-5H. The van der Waals surface area contributed by atoms with E-state index in [1.54, 1.807) is 30.6 Å². The molecule has 2 rings (SSSR count). The van der Waals surface area contributed by atoms with Crippen molar-refractivity contribution >= 4 is 46.4 Å². The molecule has 1 heterocycles. The van der Waals surface area contributed by atoms with Crippen LogP contribution in [-0.4, -0.2) is 4.98 Å². The molecule has 5 heteroatoms. The van der Waals surface area contributed by atoms with E-state index in [1.807, 2.05) is 0 Å². The maximum Gasteiger partial charge on any atom is 0.0784 e. The number of hydrogen-bond donors (Lipinski definition) is 0. The molecule has 1 aromatic carbocycles. The molecule has 0 atom stereocenters. The summed E-state index contributed by atoms with van der Waals surface area (Å²) in [6, 6.07) is 5.13. The normalized spacial score (nSPS) is 10.5. The van der Waals surface area contributed by atoms with Gasteiger partial charge in [-0.25, -0.2) is 0 Å². The van der Waals surface area contributed by atoms with E-state index >= 15 is 0 Å². The van der Waals surface area contributed by atoms with Gasteiger partial charge in [0.25, 0.3) is 0 Å². The first-order valence-electron chi connectivity index (χ1n) is 4.34. The quantitative estimate of drug-likeness (QED) is 0.645. The van der Waals surface area contributed by atoms with Gasteiger partial charge in [0.15, 0.2) is 0 Å². The van der Waals surface area contributed by atoms with E-state index in [4.69, 9.17) is 46.4 Å². The molecule has 16 heavy (non-hydrogen) atoms. The molecule has 82 valence electrons. The summed E-state index contributed by atoms with van der Waals surface area (Å²) in [7, 11) is 0. The molecule has 0 saturated carbocycles. The lowest BCUT2D eigenvalue weighted by atomic mass is 10.1. The average molecular weight is 293 g/mol. The highest BCUT2D eigenvalue weighted by Gasteiger charge is 2.12. The molecule has 0 fully saturated rings. The SMILES string of the molecule is Clc1ccncc1-c1ccc(Cl)c(Cl)c1Cl. The Kier molecular flexibility index (Phi) is 3.60. The highest BCUT2D eigenvalue weighted by molar-refractivity contribution is 6.49. The molecule has 0 aliphatic heterocycles. The van der Waals surface area contributed by atoms with Crippen molar-refractivity contribution in [2.75, 3.05) is 0 Å². The summed E-state index contributed by atoms with van der Waals surface area (Å²) < 4.78 is 0. The van der Waals surface area contributed by atoms with E-state index < -0.39 is 0 Å². The number of rotatable bonds is 1. The van der Waals surface area contributed by atoms with Gasteiger partial charge in [0.05, 0.1) is 20.1 Å². The molecule has 0 radical (unpaired) electrons. The van der Waals surface area contributed by atoms with E-state index in [0.29, 0.717) is 25.7 Å². The van der Waals surface area contributed by atoms with Gasteiger partial charge in [0.1, 0.15) is 0 Å². The third-order valence-corrected chi connectivity index (χ3v) is 3.72. The zero-order chi connectivity index (χ0) is 11.7. The predicted molar refractivity (Wildman–Crippen MR) is 69.7 cm³/mol. The maximum atomic E-state index is 6.10. The number of halogens is 4. The lowest BCUT2D eigenvalue weighted by molar-refractivity contribution is 1.33. The van der Waals surface area contributed by atoms with Crippen LogP contribution in [0.5, 0.6) is 0 Å². The Hall–Kier alpha value is -0.470. The first-order valence-corrected chi connectivity index (χ1v) is 5.86. The number of hydrogen-bond acceptors (Lipinski definition) is 1. The lowest BCUT2D eigenvalue weighted by Crippen LogP contribution is -1.84. The van der Waals surface area contributed by atoms with E-state index in [2.05, 4.69) is 4.98 Å². The Labute approximate surface area is 113 Å². The topological polar surface area (TPSA) is 12.9 Å². The molecule has 0 amide bonds. The Morgan fingerprint density at radius 2 is 1.50 bits per heavy atom. The molecule has 0 saturated heterocycles. The summed E-state index contributed by atoms with van der Waals surface area (Å²) in [6.07, 6.45) is 3.24. The predicted octanol–water partition coefficient (Wildman–Crippen LogP) is 5.36. The van der Waals surface area contributed by atoms with Crippen molar-refractivity contribution in [2.24, 2.45) is 0 Å². The Morgan fingerprint density at radius 3 is 2.19 bits per heavy atom. The third-order valence-electron chi connectivity index (χ3n) is 2.09. The monoisotopic (exact) mass is 291 g/mol. The Morgan fingerprint density at radius 1 is 0.750 bits per heavy atom. The van der Waals surface area contributed by atoms with Gasteiger partial charge in [0.2, 0.25) is 0 Å². The van der Waals surface area contributed by atoms with Crippen molar-refractivity contribution in [3.8, 4) is 11.1 Å². The van der Waals surface area contributed by atoms with Crippen LogP contribution >= 0.6 is 46.4 Å². The second kappa shape index (κ2) is 4.80. The summed E-state index contributed by atoms with van der Waals surface area (Å²) >= 11 is 24.0. The van der Waals surface area contributed by atoms with E-state index in [-0.39, 0.29) is 0 Å². The lowest BCUT2D eigenvalue weighted by Gasteiger charge is -2.08. The van der Waals surface area contributed by atoms with Crippen molar-refractivity contribution in [1.29, 1.82) is 0 Å². The maximum absolute atomic E-state index is 6.10. The van der Waals surface area contributed by atoms with Gasteiger partial charge in [0, 0.05) is 23.5 Å². The summed E-state index contributed by atoms with van der Waals surface area (Å²) in [5.74, 6) is 0. The molecule has 0 N–H and O–H groups in total. The summed E-state index contributed by atoms with van der Waals surface area (Å²) in [6.45, 7) is 0. The molecular formula is C11H5Cl4N. The van der Waals surface area contributed by atoms with Crippen LogP contribution in [0.1, 0.15) is 0 Å². The molecule has 0 bridgehead atoms. The van der Waals surface area contributed by atoms with Crippen molar-refractivity contribution in [3.63, 3.8) is 0 Å². The van der Waals surface area contributed by atoms with Gasteiger partial charge in [-0.15, -0.1) is 0 Å². The van der Waals surface area contributed by atoms with Crippen LogP contribution < -0.4 is 0 Å². The molecule has 1 aromatic heterocycles. The molecule has 0 aliphatic carbocycles. The number of aromatic nitrogens is 1. The van der Waals surface area contributed by atoms with Gasteiger partial charge in [-0.2, -0.15) is 0 Å². The second-order valence-electron chi connectivity index (χ2n) is 3.08. The second-order valence-corrected chi connectivity index (χ2v) is 4.65. The first-order chi connectivity index (χ1) is 7.61. The van der Waals surface area contributed by atoms with Gasteiger partial charge in [-0.3, -0.25) is 4.98 Å². The molecule has 2 aromatic rings. The van der Waals surface area contributed by atoms with Gasteiger partial charge in [-0.1, -0.05) is 52.5 Å². The van der Waals surface area contributed by atoms with E-state index in [0.717, 1.165) is 5.56 Å². The average Bonchev–Trinajstić information content (AvgIpc) is 2.28. The fourth-order valence-electron chi connectivity index (χ4n) is 1.31. The fourth-order valence-corrected chi connectivity index (χ4v) is 2.15. The van der Waals surface area contributed by atoms with Crippen LogP contribution in [-0.2, 0) is 0 Å². The van der Waals surface area contributed by atoms with Crippen LogP contribution in [0.2, 0.25) is 20.1 Å². The van der Waals surface area contributed by atoms with Crippen molar-refractivity contribution in [2.45, 2.75) is 0 Å². The van der Waals surface area contributed by atoms with Crippen molar-refractivity contribution in [1.82, 2.24) is 4.98 Å². The van der Waals surface area contributed by atoms with E-state index in [9.17, 15) is 0 Å². The largest absolute Gasteiger partial charge is 0.264 e. The molecule has 0 aliphatic rings. The highest BCUT2D eigenvalue weighted by Crippen LogP contribution is 2.39. The van der Waals surface area contributed by atoms with Crippen LogP contribution in [0.3, 0.4) is 0 Å². The molecule has 0 unspecified atom stereocenters. The zero-order valence-electron chi connectivity index (χ0n) is 7.85. The molecular weight excluding hydrogens is 288 g/mol. The number of benzene rings is 1. The van der Waals surface area contributed by atoms with Crippen LogP contribution in [0, 0.1) is 0 Å². The Bertz CT molecular complexity index is 540. The van der Waals surface area contributed by atoms with Crippen molar-refractivity contribution in [3.05, 3.63) is 50.7 Å². The minimum atomic E-state index is 0.320. The zero-order valence-corrected chi connectivity index (χ0v) is 10.9. The van der Waals surface area contributed by atoms with Gasteiger partial charge < -0.3 is 0 Å². The van der Waals surface area contributed by atoms with Crippen molar-refractivity contribution < 1.29 is 0 Å². The Balaban J connectivity index is 2.66. The molecule has 0 spiro atoms. The number of nitrogens with zero attached hydrogens (tertiary/aromatic N) is 1. The highest BCUT2D eigenvalue weighted by atomic mass is 35.5. The summed E-state index contributed by atoms with van der Waals surface area (Å²) in [4.78, 5) is 4.00. The van der Waals surface area contributed by atoms with E-state index in [1.165, 1.54) is 0 Å². The summed E-state index contributed by atoms with van der Waals surface area (Å²) in [5, 5.41) is 1.68. The minimum absolute atomic E-state index is 0.320. The number of pyridine rings is 1.